The van der Waals surface area contributed by atoms with Gasteiger partial charge in [0, 0.05) is 36.5 Å². The molecule has 0 radical (unpaired) electrons. The third-order valence-corrected chi connectivity index (χ3v) is 7.97. The topological polar surface area (TPSA) is 99.4 Å². The molecule has 0 amide bonds. The number of hydrogen-bond donors (Lipinski definition) is 2. The van der Waals surface area contributed by atoms with E-state index in [1.807, 2.05) is 0 Å². The molecule has 2 aliphatic rings. The Morgan fingerprint density at radius 1 is 1.31 bits per heavy atom. The maximum atomic E-state index is 13.0. The molecule has 4 N–H and O–H groups in total. The molecular formula is C19H23Cl2N5O2S. The van der Waals surface area contributed by atoms with E-state index in [4.69, 9.17) is 39.4 Å². The van der Waals surface area contributed by atoms with Crippen LogP contribution in [0.3, 0.4) is 0 Å². The molecule has 2 aliphatic heterocycles. The first-order valence-corrected chi connectivity index (χ1v) is 11.0. The van der Waals surface area contributed by atoms with Crippen LogP contribution in [0.1, 0.15) is 12.8 Å². The van der Waals surface area contributed by atoms with E-state index in [9.17, 15) is 4.79 Å². The van der Waals surface area contributed by atoms with Gasteiger partial charge >= 0.3 is 0 Å². The molecule has 29 heavy (non-hydrogen) atoms. The van der Waals surface area contributed by atoms with Crippen molar-refractivity contribution in [2.24, 2.45) is 18.2 Å². The smallest absolute Gasteiger partial charge is 0.270 e. The highest BCUT2D eigenvalue weighted by molar-refractivity contribution is 7.99. The van der Waals surface area contributed by atoms with E-state index in [1.165, 1.54) is 11.8 Å². The molecule has 3 heterocycles. The summed E-state index contributed by atoms with van der Waals surface area (Å²) in [5, 5.41) is 0.814. The van der Waals surface area contributed by atoms with Gasteiger partial charge in [0.15, 0.2) is 0 Å². The third-order valence-electron chi connectivity index (χ3n) is 5.90. The van der Waals surface area contributed by atoms with Crippen LogP contribution in [0.15, 0.2) is 32.8 Å². The fourth-order valence-electron chi connectivity index (χ4n) is 3.98. The summed E-state index contributed by atoms with van der Waals surface area (Å²) < 4.78 is 7.13. The minimum absolute atomic E-state index is 0.0278. The minimum atomic E-state index is -0.213. The van der Waals surface area contributed by atoms with E-state index in [-0.39, 0.29) is 22.8 Å². The monoisotopic (exact) mass is 455 g/mol. The second-order valence-electron chi connectivity index (χ2n) is 7.62. The van der Waals surface area contributed by atoms with Crippen molar-refractivity contribution in [1.29, 1.82) is 0 Å². The number of nitrogens with zero attached hydrogens (tertiary/aromatic N) is 3. The van der Waals surface area contributed by atoms with Crippen LogP contribution in [0.4, 0.5) is 11.8 Å². The van der Waals surface area contributed by atoms with E-state index in [2.05, 4.69) is 9.88 Å². The van der Waals surface area contributed by atoms with Gasteiger partial charge in [-0.15, -0.1) is 0 Å². The zero-order valence-corrected chi connectivity index (χ0v) is 18.4. The van der Waals surface area contributed by atoms with Crippen LogP contribution in [0.5, 0.6) is 0 Å². The number of aromatic nitrogens is 2. The van der Waals surface area contributed by atoms with E-state index in [1.54, 1.807) is 29.8 Å². The van der Waals surface area contributed by atoms with Gasteiger partial charge in [-0.2, -0.15) is 4.98 Å². The molecule has 1 spiro atoms. The largest absolute Gasteiger partial charge is 0.382 e. The molecule has 0 aliphatic carbocycles. The van der Waals surface area contributed by atoms with Crippen molar-refractivity contribution in [3.05, 3.63) is 38.6 Å². The normalized spacial score (nSPS) is 21.1. The molecule has 1 aromatic carbocycles. The number of anilines is 2. The quantitative estimate of drug-likeness (QED) is 0.733. The SMILES string of the molecule is Cn1c(N2CCC3(CC2)COC[C@H]3N)nc(N)c(Sc2cccc(Cl)c2Cl)c1=O. The van der Waals surface area contributed by atoms with Gasteiger partial charge in [0.05, 0.1) is 23.3 Å². The van der Waals surface area contributed by atoms with E-state index < -0.39 is 0 Å². The third kappa shape index (κ3) is 3.72. The average Bonchev–Trinajstić information content (AvgIpc) is 3.05. The lowest BCUT2D eigenvalue weighted by Crippen LogP contribution is -2.50. The van der Waals surface area contributed by atoms with Crippen LogP contribution in [0.2, 0.25) is 10.0 Å². The molecule has 0 unspecified atom stereocenters. The maximum absolute atomic E-state index is 13.0. The van der Waals surface area contributed by atoms with Crippen LogP contribution >= 0.6 is 35.0 Å². The summed E-state index contributed by atoms with van der Waals surface area (Å²) in [5.41, 5.74) is 12.3. The molecule has 1 atom stereocenters. The van der Waals surface area contributed by atoms with E-state index in [0.717, 1.165) is 25.9 Å². The van der Waals surface area contributed by atoms with Gasteiger partial charge in [0.25, 0.3) is 5.56 Å². The highest BCUT2D eigenvalue weighted by atomic mass is 35.5. The predicted molar refractivity (Wildman–Crippen MR) is 117 cm³/mol. The molecule has 2 saturated heterocycles. The lowest BCUT2D eigenvalue weighted by molar-refractivity contribution is 0.131. The first kappa shape index (κ1) is 20.8. The first-order valence-electron chi connectivity index (χ1n) is 9.39. The van der Waals surface area contributed by atoms with Gasteiger partial charge in [-0.1, -0.05) is 41.0 Å². The molecule has 1 aromatic heterocycles. The average molecular weight is 456 g/mol. The second kappa shape index (κ2) is 8.00. The fraction of sp³-hybridized carbons (Fsp3) is 0.474. The van der Waals surface area contributed by atoms with Crippen LogP contribution in [-0.4, -0.2) is 41.9 Å². The molecule has 2 aromatic rings. The number of hydrogen-bond acceptors (Lipinski definition) is 7. The van der Waals surface area contributed by atoms with Crippen molar-refractivity contribution >= 4 is 46.7 Å². The van der Waals surface area contributed by atoms with Gasteiger partial charge in [-0.3, -0.25) is 9.36 Å². The summed E-state index contributed by atoms with van der Waals surface area (Å²) in [6.45, 7) is 2.82. The standard InChI is InChI=1S/C19H23Cl2N5O2S/c1-25-17(27)15(29-12-4-2-3-11(20)14(12)21)16(23)24-18(25)26-7-5-19(6-8-26)10-28-9-13(19)22/h2-4,13H,5-10,22-23H2,1H3/t13-/m1/s1. The van der Waals surface area contributed by atoms with E-state index >= 15 is 0 Å². The van der Waals surface area contributed by atoms with E-state index in [0.29, 0.717) is 39.0 Å². The van der Waals surface area contributed by atoms with Crippen molar-refractivity contribution in [1.82, 2.24) is 9.55 Å². The van der Waals surface area contributed by atoms with Crippen LogP contribution in [-0.2, 0) is 11.8 Å². The molecule has 0 bridgehead atoms. The molecule has 2 fully saturated rings. The van der Waals surface area contributed by atoms with Gasteiger partial charge < -0.3 is 21.1 Å². The maximum Gasteiger partial charge on any atom is 0.270 e. The number of ether oxygens (including phenoxy) is 1. The zero-order valence-electron chi connectivity index (χ0n) is 16.0. The van der Waals surface area contributed by atoms with Crippen molar-refractivity contribution in [2.45, 2.75) is 28.7 Å². The van der Waals surface area contributed by atoms with Crippen LogP contribution in [0, 0.1) is 5.41 Å². The zero-order chi connectivity index (χ0) is 20.8. The van der Waals surface area contributed by atoms with Crippen molar-refractivity contribution in [2.75, 3.05) is 36.9 Å². The Morgan fingerprint density at radius 3 is 2.69 bits per heavy atom. The van der Waals surface area contributed by atoms with Crippen LogP contribution < -0.4 is 21.9 Å². The number of benzene rings is 1. The Bertz CT molecular complexity index is 991. The van der Waals surface area contributed by atoms with Crippen molar-refractivity contribution in [3.8, 4) is 0 Å². The summed E-state index contributed by atoms with van der Waals surface area (Å²) in [7, 11) is 1.71. The number of nitrogens with two attached hydrogens (primary N) is 2. The highest BCUT2D eigenvalue weighted by Crippen LogP contribution is 2.40. The summed E-state index contributed by atoms with van der Waals surface area (Å²) in [6, 6.07) is 5.33. The Morgan fingerprint density at radius 2 is 2.03 bits per heavy atom. The lowest BCUT2D eigenvalue weighted by atomic mass is 9.75. The number of rotatable bonds is 3. The second-order valence-corrected chi connectivity index (χ2v) is 9.45. The molecule has 7 nitrogen and oxygen atoms in total. The Balaban J connectivity index is 1.59. The van der Waals surface area contributed by atoms with Crippen LogP contribution in [0.25, 0.3) is 0 Å². The highest BCUT2D eigenvalue weighted by Gasteiger charge is 2.44. The first-order chi connectivity index (χ1) is 13.8. The summed E-state index contributed by atoms with van der Waals surface area (Å²) in [5.74, 6) is 0.752. The van der Waals surface area contributed by atoms with Gasteiger partial charge in [-0.25, -0.2) is 0 Å². The fourth-order valence-corrected chi connectivity index (χ4v) is 5.39. The Kier molecular flexibility index (Phi) is 5.74. The predicted octanol–water partition coefficient (Wildman–Crippen LogP) is 2.76. The number of piperidine rings is 1. The lowest BCUT2D eigenvalue weighted by Gasteiger charge is -2.41. The van der Waals surface area contributed by atoms with Crippen molar-refractivity contribution in [3.63, 3.8) is 0 Å². The molecule has 0 saturated carbocycles. The van der Waals surface area contributed by atoms with Gasteiger partial charge in [-0.05, 0) is 25.0 Å². The Hall–Kier alpha value is -1.45. The molecule has 156 valence electrons. The summed E-state index contributed by atoms with van der Waals surface area (Å²) >= 11 is 13.5. The molecular weight excluding hydrogens is 433 g/mol. The van der Waals surface area contributed by atoms with Crippen molar-refractivity contribution < 1.29 is 4.74 Å². The molecule has 4 rings (SSSR count). The number of nitrogen functional groups attached to an aromatic ring is 1. The number of halogens is 2. The van der Waals surface area contributed by atoms with Gasteiger partial charge in [0.1, 0.15) is 10.7 Å². The summed E-state index contributed by atoms with van der Waals surface area (Å²) in [4.78, 5) is 20.7. The Labute approximate surface area is 183 Å². The summed E-state index contributed by atoms with van der Waals surface area (Å²) in [6.07, 6.45) is 1.80. The molecule has 10 heteroatoms. The van der Waals surface area contributed by atoms with Gasteiger partial charge in [0.2, 0.25) is 5.95 Å². The minimum Gasteiger partial charge on any atom is -0.382 e.